The third-order valence-corrected chi connectivity index (χ3v) is 5.42. The second kappa shape index (κ2) is 14.1. The zero-order chi connectivity index (χ0) is 27.3. The quantitative estimate of drug-likeness (QED) is 0.238. The summed E-state index contributed by atoms with van der Waals surface area (Å²) in [4.78, 5) is 24.2. The molecule has 0 aliphatic rings. The summed E-state index contributed by atoms with van der Waals surface area (Å²) in [6.45, 7) is 0.229. The summed E-state index contributed by atoms with van der Waals surface area (Å²) < 4.78 is 31.5. The maximum Gasteiger partial charge on any atom is 0.331 e. The first-order chi connectivity index (χ1) is 18.4. The van der Waals surface area contributed by atoms with Gasteiger partial charge in [0, 0.05) is 12.2 Å². The number of ether oxygens (including phenoxy) is 6. The standard InChI is InChI=1S/C30H30O8/c1-33-25-13-9-21(17-27(25)35-3)11-15-29(31)37-19-23-5-7-24(8-6-23)20-38-30(32)16-12-22-10-14-26(34-2)28(18-22)36-4/h5-18H,19-20H2,1-4H3. The average Bonchev–Trinajstić information content (AvgIpc) is 2.96. The van der Waals surface area contributed by atoms with Crippen LogP contribution >= 0.6 is 0 Å². The first-order valence-corrected chi connectivity index (χ1v) is 11.7. The minimum atomic E-state index is -0.473. The first-order valence-electron chi connectivity index (χ1n) is 11.7. The van der Waals surface area contributed by atoms with Crippen LogP contribution in [-0.4, -0.2) is 40.4 Å². The molecule has 0 spiro atoms. The van der Waals surface area contributed by atoms with Gasteiger partial charge in [0.25, 0.3) is 0 Å². The van der Waals surface area contributed by atoms with E-state index in [1.165, 1.54) is 12.2 Å². The summed E-state index contributed by atoms with van der Waals surface area (Å²) >= 11 is 0. The lowest BCUT2D eigenvalue weighted by Crippen LogP contribution is -2.02. The van der Waals surface area contributed by atoms with E-state index in [0.29, 0.717) is 23.0 Å². The number of rotatable bonds is 12. The Bertz CT molecular complexity index is 1190. The first kappa shape index (κ1) is 27.9. The second-order valence-electron chi connectivity index (χ2n) is 7.93. The van der Waals surface area contributed by atoms with E-state index >= 15 is 0 Å². The van der Waals surface area contributed by atoms with Crippen LogP contribution < -0.4 is 18.9 Å². The molecule has 0 N–H and O–H groups in total. The molecule has 0 bridgehead atoms. The Labute approximate surface area is 222 Å². The molecule has 0 saturated heterocycles. The van der Waals surface area contributed by atoms with Crippen molar-refractivity contribution in [3.63, 3.8) is 0 Å². The van der Waals surface area contributed by atoms with Crippen molar-refractivity contribution in [2.75, 3.05) is 28.4 Å². The van der Waals surface area contributed by atoms with Gasteiger partial charge in [-0.05, 0) is 58.7 Å². The molecule has 0 amide bonds. The van der Waals surface area contributed by atoms with Crippen LogP contribution in [0, 0.1) is 0 Å². The third-order valence-electron chi connectivity index (χ3n) is 5.42. The molecule has 38 heavy (non-hydrogen) atoms. The molecule has 8 heteroatoms. The Kier molecular flexibility index (Phi) is 10.4. The van der Waals surface area contributed by atoms with E-state index in [1.54, 1.807) is 64.9 Å². The van der Waals surface area contributed by atoms with E-state index in [2.05, 4.69) is 0 Å². The molecule has 8 nitrogen and oxygen atoms in total. The zero-order valence-electron chi connectivity index (χ0n) is 21.8. The van der Waals surface area contributed by atoms with Gasteiger partial charge < -0.3 is 28.4 Å². The number of esters is 2. The highest BCUT2D eigenvalue weighted by atomic mass is 16.5. The van der Waals surface area contributed by atoms with Crippen molar-refractivity contribution in [2.24, 2.45) is 0 Å². The number of hydrogen-bond acceptors (Lipinski definition) is 8. The van der Waals surface area contributed by atoms with Gasteiger partial charge in [-0.2, -0.15) is 0 Å². The van der Waals surface area contributed by atoms with Crippen LogP contribution in [0.1, 0.15) is 22.3 Å². The third kappa shape index (κ3) is 8.16. The van der Waals surface area contributed by atoms with Crippen molar-refractivity contribution in [1.29, 1.82) is 0 Å². The summed E-state index contributed by atoms with van der Waals surface area (Å²) in [5, 5.41) is 0. The molecular formula is C30H30O8. The lowest BCUT2D eigenvalue weighted by atomic mass is 10.1. The molecule has 198 valence electrons. The highest BCUT2D eigenvalue weighted by molar-refractivity contribution is 5.87. The number of benzene rings is 3. The zero-order valence-corrected chi connectivity index (χ0v) is 21.8. The van der Waals surface area contributed by atoms with E-state index in [1.807, 2.05) is 36.4 Å². The Morgan fingerprint density at radius 3 is 1.26 bits per heavy atom. The topological polar surface area (TPSA) is 89.5 Å². The molecule has 0 aliphatic heterocycles. The smallest absolute Gasteiger partial charge is 0.331 e. The molecular weight excluding hydrogens is 488 g/mol. The highest BCUT2D eigenvalue weighted by Crippen LogP contribution is 2.29. The number of carbonyl (C=O) groups is 2. The largest absolute Gasteiger partial charge is 0.493 e. The maximum absolute atomic E-state index is 12.1. The molecule has 3 aromatic rings. The number of methoxy groups -OCH3 is 4. The van der Waals surface area contributed by atoms with Crippen molar-refractivity contribution in [3.8, 4) is 23.0 Å². The SMILES string of the molecule is COc1ccc(C=CC(=O)OCc2ccc(COC(=O)C=Cc3ccc(OC)c(OC)c3)cc2)cc1OC. The van der Waals surface area contributed by atoms with Gasteiger partial charge in [0.2, 0.25) is 0 Å². The highest BCUT2D eigenvalue weighted by Gasteiger charge is 2.06. The summed E-state index contributed by atoms with van der Waals surface area (Å²) in [5.74, 6) is 1.41. The summed E-state index contributed by atoms with van der Waals surface area (Å²) in [7, 11) is 6.22. The molecule has 0 atom stereocenters. The van der Waals surface area contributed by atoms with Crippen molar-refractivity contribution in [1.82, 2.24) is 0 Å². The van der Waals surface area contributed by atoms with Gasteiger partial charge in [0.15, 0.2) is 23.0 Å². The van der Waals surface area contributed by atoms with E-state index < -0.39 is 11.9 Å². The molecule has 0 saturated carbocycles. The fourth-order valence-electron chi connectivity index (χ4n) is 3.38. The minimum Gasteiger partial charge on any atom is -0.493 e. The molecule has 0 aromatic heterocycles. The van der Waals surface area contributed by atoms with Gasteiger partial charge in [-0.25, -0.2) is 9.59 Å². The van der Waals surface area contributed by atoms with Crippen LogP contribution in [0.15, 0.2) is 72.8 Å². The van der Waals surface area contributed by atoms with Crippen molar-refractivity contribution in [2.45, 2.75) is 13.2 Å². The van der Waals surface area contributed by atoms with Crippen molar-refractivity contribution in [3.05, 3.63) is 95.1 Å². The summed E-state index contributed by atoms with van der Waals surface area (Å²) in [6, 6.07) is 17.9. The number of hydrogen-bond donors (Lipinski definition) is 0. The van der Waals surface area contributed by atoms with Crippen molar-refractivity contribution >= 4 is 24.1 Å². The van der Waals surface area contributed by atoms with Crippen LogP contribution in [0.4, 0.5) is 0 Å². The second-order valence-corrected chi connectivity index (χ2v) is 7.93. The predicted octanol–water partition coefficient (Wildman–Crippen LogP) is 5.23. The monoisotopic (exact) mass is 518 g/mol. The van der Waals surface area contributed by atoms with Crippen LogP contribution in [0.25, 0.3) is 12.2 Å². The Hall–Kier alpha value is -4.72. The Balaban J connectivity index is 1.45. The number of carbonyl (C=O) groups excluding carboxylic acids is 2. The van der Waals surface area contributed by atoms with Gasteiger partial charge >= 0.3 is 11.9 Å². The Morgan fingerprint density at radius 2 is 0.921 bits per heavy atom. The summed E-state index contributed by atoms with van der Waals surface area (Å²) in [5.41, 5.74) is 3.16. The van der Waals surface area contributed by atoms with Crippen LogP contribution in [0.2, 0.25) is 0 Å². The summed E-state index contributed by atoms with van der Waals surface area (Å²) in [6.07, 6.45) is 5.98. The van der Waals surface area contributed by atoms with E-state index in [0.717, 1.165) is 22.3 Å². The van der Waals surface area contributed by atoms with Gasteiger partial charge in [-0.15, -0.1) is 0 Å². The molecule has 3 aromatic carbocycles. The van der Waals surface area contributed by atoms with Crippen molar-refractivity contribution < 1.29 is 38.0 Å². The maximum atomic E-state index is 12.1. The van der Waals surface area contributed by atoms with Crippen LogP contribution in [0.3, 0.4) is 0 Å². The molecule has 0 aliphatic carbocycles. The molecule has 0 heterocycles. The van der Waals surface area contributed by atoms with E-state index in [-0.39, 0.29) is 13.2 Å². The molecule has 0 fully saturated rings. The van der Waals surface area contributed by atoms with Gasteiger partial charge in [-0.3, -0.25) is 0 Å². The van der Waals surface area contributed by atoms with E-state index in [4.69, 9.17) is 28.4 Å². The van der Waals surface area contributed by atoms with Gasteiger partial charge in [-0.1, -0.05) is 36.4 Å². The Morgan fingerprint density at radius 1 is 0.553 bits per heavy atom. The molecule has 0 radical (unpaired) electrons. The lowest BCUT2D eigenvalue weighted by Gasteiger charge is -2.08. The lowest BCUT2D eigenvalue weighted by molar-refractivity contribution is -0.139. The molecule has 3 rings (SSSR count). The van der Waals surface area contributed by atoms with Crippen LogP contribution in [-0.2, 0) is 32.3 Å². The van der Waals surface area contributed by atoms with E-state index in [9.17, 15) is 9.59 Å². The average molecular weight is 519 g/mol. The van der Waals surface area contributed by atoms with Crippen LogP contribution in [0.5, 0.6) is 23.0 Å². The molecule has 0 unspecified atom stereocenters. The predicted molar refractivity (Wildman–Crippen MR) is 143 cm³/mol. The fraction of sp³-hybridized carbons (Fsp3) is 0.200. The normalized spacial score (nSPS) is 10.8. The fourth-order valence-corrected chi connectivity index (χ4v) is 3.38. The van der Waals surface area contributed by atoms with Gasteiger partial charge in [0.1, 0.15) is 13.2 Å². The minimum absolute atomic E-state index is 0.114. The van der Waals surface area contributed by atoms with Gasteiger partial charge in [0.05, 0.1) is 28.4 Å².